The number of benzene rings is 1. The predicted octanol–water partition coefficient (Wildman–Crippen LogP) is 3.21. The Balaban J connectivity index is 1.70. The first-order valence-electron chi connectivity index (χ1n) is 6.56. The Kier molecular flexibility index (Phi) is 5.20. The molecule has 1 aliphatic heterocycles. The van der Waals surface area contributed by atoms with Crippen molar-refractivity contribution in [1.29, 1.82) is 0 Å². The molecule has 0 bridgehead atoms. The molecule has 1 saturated heterocycles. The fourth-order valence-electron chi connectivity index (χ4n) is 2.22. The maximum atomic E-state index is 3.50. The molecule has 94 valence electrons. The smallest absolute Gasteiger partial charge is 0.0340 e. The Morgan fingerprint density at radius 3 is 2.82 bits per heavy atom. The van der Waals surface area contributed by atoms with Crippen LogP contribution in [-0.4, -0.2) is 25.4 Å². The lowest BCUT2D eigenvalue weighted by atomic mass is 10.1. The Morgan fingerprint density at radius 1 is 1.35 bits per heavy atom. The zero-order valence-corrected chi connectivity index (χ0v) is 11.4. The van der Waals surface area contributed by atoms with Gasteiger partial charge in [-0.3, -0.25) is 0 Å². The lowest BCUT2D eigenvalue weighted by molar-refractivity contribution is 0.549. The van der Waals surface area contributed by atoms with Crippen molar-refractivity contribution >= 4 is 17.4 Å². The highest BCUT2D eigenvalue weighted by atomic mass is 32.2. The number of hydrogen-bond acceptors (Lipinski definition) is 3. The molecule has 1 unspecified atom stereocenters. The van der Waals surface area contributed by atoms with Gasteiger partial charge in [0.2, 0.25) is 0 Å². The van der Waals surface area contributed by atoms with Crippen LogP contribution in [0.4, 0.5) is 5.69 Å². The van der Waals surface area contributed by atoms with Crippen LogP contribution in [0.1, 0.15) is 19.8 Å². The molecule has 3 heteroatoms. The summed E-state index contributed by atoms with van der Waals surface area (Å²) in [6.07, 6.45) is 2.62. The molecule has 1 aliphatic rings. The highest BCUT2D eigenvalue weighted by Gasteiger charge is 2.13. The van der Waals surface area contributed by atoms with Crippen molar-refractivity contribution in [3.8, 4) is 0 Å². The minimum Gasteiger partial charge on any atom is -0.385 e. The normalized spacial score (nSPS) is 19.5. The molecule has 1 atom stereocenters. The van der Waals surface area contributed by atoms with E-state index in [2.05, 4.69) is 41.8 Å². The summed E-state index contributed by atoms with van der Waals surface area (Å²) >= 11 is 1.89. The zero-order chi connectivity index (χ0) is 11.9. The first-order chi connectivity index (χ1) is 8.38. The second-order valence-electron chi connectivity index (χ2n) is 4.53. The van der Waals surface area contributed by atoms with Crippen LogP contribution in [0.5, 0.6) is 0 Å². The monoisotopic (exact) mass is 250 g/mol. The molecule has 0 radical (unpaired) electrons. The molecule has 0 aromatic heterocycles. The second kappa shape index (κ2) is 6.92. The van der Waals surface area contributed by atoms with E-state index in [1.807, 2.05) is 11.8 Å². The fraction of sp³-hybridized carbons (Fsp3) is 0.571. The molecule has 2 nitrogen and oxygen atoms in total. The van der Waals surface area contributed by atoms with Gasteiger partial charge in [-0.15, -0.1) is 11.8 Å². The molecular formula is C14H22N2S. The second-order valence-corrected chi connectivity index (χ2v) is 5.87. The minimum atomic E-state index is 0.873. The fourth-order valence-corrected chi connectivity index (χ4v) is 2.88. The Labute approximate surface area is 109 Å². The average Bonchev–Trinajstić information content (AvgIpc) is 2.85. The van der Waals surface area contributed by atoms with E-state index in [0.29, 0.717) is 0 Å². The maximum absolute atomic E-state index is 3.50. The number of rotatable bonds is 6. The maximum Gasteiger partial charge on any atom is 0.0340 e. The minimum absolute atomic E-state index is 0.873. The molecule has 1 fully saturated rings. The molecule has 1 aromatic rings. The molecule has 17 heavy (non-hydrogen) atoms. The standard InChI is InChI=1S/C14H22N2S/c1-2-17-14-5-3-13(4-6-14)16-10-8-12-7-9-15-11-12/h3-6,12,15-16H,2,7-11H2,1H3. The lowest BCUT2D eigenvalue weighted by Crippen LogP contribution is -2.12. The van der Waals surface area contributed by atoms with Crippen LogP contribution in [0.25, 0.3) is 0 Å². The number of anilines is 1. The van der Waals surface area contributed by atoms with Gasteiger partial charge in [-0.1, -0.05) is 6.92 Å². The van der Waals surface area contributed by atoms with Crippen LogP contribution in [-0.2, 0) is 0 Å². The van der Waals surface area contributed by atoms with Crippen LogP contribution in [0.3, 0.4) is 0 Å². The molecule has 2 rings (SSSR count). The van der Waals surface area contributed by atoms with Crippen molar-refractivity contribution in [2.75, 3.05) is 30.7 Å². The van der Waals surface area contributed by atoms with Gasteiger partial charge >= 0.3 is 0 Å². The quantitative estimate of drug-likeness (QED) is 0.758. The summed E-state index contributed by atoms with van der Waals surface area (Å²) in [5.41, 5.74) is 1.25. The van der Waals surface area contributed by atoms with E-state index in [1.54, 1.807) is 0 Å². The number of nitrogens with one attached hydrogen (secondary N) is 2. The van der Waals surface area contributed by atoms with Crippen molar-refractivity contribution in [2.24, 2.45) is 5.92 Å². The third-order valence-corrected chi connectivity index (χ3v) is 4.10. The summed E-state index contributed by atoms with van der Waals surface area (Å²) in [6.45, 7) is 5.68. The largest absolute Gasteiger partial charge is 0.385 e. The average molecular weight is 250 g/mol. The van der Waals surface area contributed by atoms with Gasteiger partial charge in [-0.25, -0.2) is 0 Å². The Hall–Kier alpha value is -0.670. The molecule has 0 spiro atoms. The van der Waals surface area contributed by atoms with Gasteiger partial charge in [-0.2, -0.15) is 0 Å². The van der Waals surface area contributed by atoms with Crippen LogP contribution in [0.2, 0.25) is 0 Å². The van der Waals surface area contributed by atoms with Crippen LogP contribution < -0.4 is 10.6 Å². The van der Waals surface area contributed by atoms with Crippen LogP contribution in [0.15, 0.2) is 29.2 Å². The molecule has 1 heterocycles. The molecule has 0 amide bonds. The highest BCUT2D eigenvalue weighted by molar-refractivity contribution is 7.99. The molecule has 1 aromatic carbocycles. The van der Waals surface area contributed by atoms with Gasteiger partial charge in [0.05, 0.1) is 0 Å². The van der Waals surface area contributed by atoms with Crippen molar-refractivity contribution < 1.29 is 0 Å². The lowest BCUT2D eigenvalue weighted by Gasteiger charge is -2.10. The number of thioether (sulfide) groups is 1. The Bertz CT molecular complexity index is 317. The van der Waals surface area contributed by atoms with Crippen molar-refractivity contribution in [1.82, 2.24) is 5.32 Å². The van der Waals surface area contributed by atoms with Gasteiger partial charge in [-0.05, 0) is 61.9 Å². The Morgan fingerprint density at radius 2 is 2.18 bits per heavy atom. The SMILES string of the molecule is CCSc1ccc(NCCC2CCNC2)cc1. The van der Waals surface area contributed by atoms with Crippen molar-refractivity contribution in [3.05, 3.63) is 24.3 Å². The molecule has 0 aliphatic carbocycles. The van der Waals surface area contributed by atoms with Crippen molar-refractivity contribution in [2.45, 2.75) is 24.7 Å². The molecule has 0 saturated carbocycles. The zero-order valence-electron chi connectivity index (χ0n) is 10.5. The van der Waals surface area contributed by atoms with E-state index < -0.39 is 0 Å². The summed E-state index contributed by atoms with van der Waals surface area (Å²) in [5, 5.41) is 6.92. The summed E-state index contributed by atoms with van der Waals surface area (Å²) in [7, 11) is 0. The van der Waals surface area contributed by atoms with E-state index in [0.717, 1.165) is 18.2 Å². The van der Waals surface area contributed by atoms with Gasteiger partial charge in [0.1, 0.15) is 0 Å². The summed E-state index contributed by atoms with van der Waals surface area (Å²) in [6, 6.07) is 8.77. The van der Waals surface area contributed by atoms with Gasteiger partial charge in [0.15, 0.2) is 0 Å². The predicted molar refractivity (Wildman–Crippen MR) is 76.9 cm³/mol. The van der Waals surface area contributed by atoms with E-state index in [9.17, 15) is 0 Å². The third kappa shape index (κ3) is 4.25. The van der Waals surface area contributed by atoms with E-state index in [1.165, 1.54) is 36.5 Å². The van der Waals surface area contributed by atoms with Crippen molar-refractivity contribution in [3.63, 3.8) is 0 Å². The van der Waals surface area contributed by atoms with Crippen LogP contribution in [0, 0.1) is 5.92 Å². The van der Waals surface area contributed by atoms with Crippen LogP contribution >= 0.6 is 11.8 Å². The van der Waals surface area contributed by atoms with Gasteiger partial charge in [0.25, 0.3) is 0 Å². The summed E-state index contributed by atoms with van der Waals surface area (Å²) < 4.78 is 0. The summed E-state index contributed by atoms with van der Waals surface area (Å²) in [5.74, 6) is 2.01. The third-order valence-electron chi connectivity index (χ3n) is 3.21. The summed E-state index contributed by atoms with van der Waals surface area (Å²) in [4.78, 5) is 1.36. The van der Waals surface area contributed by atoms with Gasteiger partial charge in [0, 0.05) is 17.1 Å². The first kappa shape index (κ1) is 12.8. The molecular weight excluding hydrogens is 228 g/mol. The van der Waals surface area contributed by atoms with Gasteiger partial charge < -0.3 is 10.6 Å². The van der Waals surface area contributed by atoms with E-state index in [-0.39, 0.29) is 0 Å². The first-order valence-corrected chi connectivity index (χ1v) is 7.54. The van der Waals surface area contributed by atoms with E-state index in [4.69, 9.17) is 0 Å². The van der Waals surface area contributed by atoms with E-state index >= 15 is 0 Å². The molecule has 2 N–H and O–H groups in total. The highest BCUT2D eigenvalue weighted by Crippen LogP contribution is 2.20. The topological polar surface area (TPSA) is 24.1 Å². The number of hydrogen-bond donors (Lipinski definition) is 2.